The molecule has 0 heterocycles. The minimum Gasteiger partial charge on any atom is -0.490 e. The summed E-state index contributed by atoms with van der Waals surface area (Å²) in [5.41, 5.74) is 1.86. The van der Waals surface area contributed by atoms with E-state index in [1.165, 1.54) is 23.2 Å². The molecule has 0 amide bonds. The first kappa shape index (κ1) is 20.0. The fourth-order valence-electron chi connectivity index (χ4n) is 3.06. The van der Waals surface area contributed by atoms with E-state index in [0.717, 1.165) is 36.6 Å². The lowest BCUT2D eigenvalue weighted by molar-refractivity contribution is 0.0854. The molecule has 0 aliphatic heterocycles. The van der Waals surface area contributed by atoms with E-state index in [2.05, 4.69) is 11.4 Å². The van der Waals surface area contributed by atoms with E-state index in [1.807, 2.05) is 30.3 Å². The van der Waals surface area contributed by atoms with Crippen LogP contribution in [0, 0.1) is 0 Å². The summed E-state index contributed by atoms with van der Waals surface area (Å²) in [6, 6.07) is 15.6. The van der Waals surface area contributed by atoms with E-state index in [-0.39, 0.29) is 6.10 Å². The number of sulfonamides is 1. The molecule has 0 unspecified atom stereocenters. The number of anilines is 1. The molecular weight excluding hydrogens is 384 g/mol. The molecular formula is C20H25ClN2O3S. The van der Waals surface area contributed by atoms with Crippen molar-refractivity contribution in [2.45, 2.75) is 31.4 Å². The highest BCUT2D eigenvalue weighted by atomic mass is 35.5. The molecule has 2 aromatic carbocycles. The van der Waals surface area contributed by atoms with Crippen LogP contribution in [-0.2, 0) is 16.4 Å². The molecule has 1 N–H and O–H groups in total. The van der Waals surface area contributed by atoms with E-state index in [1.54, 1.807) is 12.1 Å². The SMILES string of the molecule is CN(c1ccc(OC2CC(NCCc3cccc(Cl)c3)C2)cc1)S(C)(=O)=O. The zero-order valence-corrected chi connectivity index (χ0v) is 17.1. The third-order valence-electron chi connectivity index (χ3n) is 4.83. The Bertz CT molecular complexity index is 865. The maximum Gasteiger partial charge on any atom is 0.231 e. The average molecular weight is 409 g/mol. The molecule has 1 aliphatic rings. The van der Waals surface area contributed by atoms with Gasteiger partial charge in [0.2, 0.25) is 10.0 Å². The molecule has 1 aliphatic carbocycles. The van der Waals surface area contributed by atoms with Gasteiger partial charge in [-0.1, -0.05) is 23.7 Å². The molecule has 0 bridgehead atoms. The van der Waals surface area contributed by atoms with Crippen LogP contribution in [0.15, 0.2) is 48.5 Å². The Hall–Kier alpha value is -1.76. The number of halogens is 1. The number of hydrogen-bond acceptors (Lipinski definition) is 4. The molecule has 0 saturated heterocycles. The van der Waals surface area contributed by atoms with Gasteiger partial charge in [-0.15, -0.1) is 0 Å². The van der Waals surface area contributed by atoms with E-state index in [4.69, 9.17) is 16.3 Å². The maximum absolute atomic E-state index is 11.6. The van der Waals surface area contributed by atoms with Crippen molar-refractivity contribution in [1.29, 1.82) is 0 Å². The Kier molecular flexibility index (Phi) is 6.29. The highest BCUT2D eigenvalue weighted by Crippen LogP contribution is 2.27. The summed E-state index contributed by atoms with van der Waals surface area (Å²) < 4.78 is 30.3. The number of rotatable bonds is 8. The standard InChI is InChI=1S/C20H25ClN2O3S/c1-23(27(2,24)25)18-6-8-19(9-7-18)26-20-13-17(14-20)22-11-10-15-4-3-5-16(21)12-15/h3-9,12,17,20,22H,10-11,13-14H2,1-2H3. The quantitative estimate of drug-likeness (QED) is 0.726. The summed E-state index contributed by atoms with van der Waals surface area (Å²) in [4.78, 5) is 0. The van der Waals surface area contributed by atoms with E-state index in [0.29, 0.717) is 11.7 Å². The van der Waals surface area contributed by atoms with Crippen molar-refractivity contribution in [2.24, 2.45) is 0 Å². The Morgan fingerprint density at radius 3 is 2.52 bits per heavy atom. The van der Waals surface area contributed by atoms with Gasteiger partial charge in [-0.2, -0.15) is 0 Å². The highest BCUT2D eigenvalue weighted by Gasteiger charge is 2.30. The van der Waals surface area contributed by atoms with Gasteiger partial charge in [0.1, 0.15) is 11.9 Å². The smallest absolute Gasteiger partial charge is 0.231 e. The Labute approximate surface area is 166 Å². The Morgan fingerprint density at radius 1 is 1.19 bits per heavy atom. The van der Waals surface area contributed by atoms with Crippen LogP contribution >= 0.6 is 11.6 Å². The number of hydrogen-bond donors (Lipinski definition) is 1. The first-order valence-electron chi connectivity index (χ1n) is 9.00. The topological polar surface area (TPSA) is 58.6 Å². The lowest BCUT2D eigenvalue weighted by atomic mass is 9.89. The second kappa shape index (κ2) is 8.50. The van der Waals surface area contributed by atoms with Crippen LogP contribution in [0.5, 0.6) is 5.75 Å². The van der Waals surface area contributed by atoms with Crippen molar-refractivity contribution in [2.75, 3.05) is 24.2 Å². The maximum atomic E-state index is 11.6. The summed E-state index contributed by atoms with van der Waals surface area (Å²) in [6.07, 6.45) is 4.29. The molecule has 7 heteroatoms. The first-order valence-corrected chi connectivity index (χ1v) is 11.2. The molecule has 1 fully saturated rings. The van der Waals surface area contributed by atoms with Crippen molar-refractivity contribution in [3.8, 4) is 5.75 Å². The van der Waals surface area contributed by atoms with Gasteiger partial charge in [0.15, 0.2) is 0 Å². The molecule has 2 aromatic rings. The molecule has 0 aromatic heterocycles. The van der Waals surface area contributed by atoms with E-state index in [9.17, 15) is 8.42 Å². The Morgan fingerprint density at radius 2 is 1.89 bits per heavy atom. The minimum absolute atomic E-state index is 0.201. The molecule has 27 heavy (non-hydrogen) atoms. The number of nitrogens with zero attached hydrogens (tertiary/aromatic N) is 1. The van der Waals surface area contributed by atoms with Crippen molar-refractivity contribution < 1.29 is 13.2 Å². The average Bonchev–Trinajstić information content (AvgIpc) is 2.58. The monoisotopic (exact) mass is 408 g/mol. The van der Waals surface area contributed by atoms with Crippen molar-refractivity contribution >= 4 is 27.3 Å². The summed E-state index contributed by atoms with van der Waals surface area (Å²) in [5.74, 6) is 0.767. The van der Waals surface area contributed by atoms with Gasteiger partial charge in [0.05, 0.1) is 11.9 Å². The zero-order chi connectivity index (χ0) is 19.4. The molecule has 0 spiro atoms. The summed E-state index contributed by atoms with van der Waals surface area (Å²) in [6.45, 7) is 0.921. The summed E-state index contributed by atoms with van der Waals surface area (Å²) >= 11 is 6.00. The molecule has 3 rings (SSSR count). The van der Waals surface area contributed by atoms with Gasteiger partial charge >= 0.3 is 0 Å². The minimum atomic E-state index is -3.25. The Balaban J connectivity index is 1.39. The van der Waals surface area contributed by atoms with Gasteiger partial charge in [0.25, 0.3) is 0 Å². The highest BCUT2D eigenvalue weighted by molar-refractivity contribution is 7.92. The van der Waals surface area contributed by atoms with E-state index >= 15 is 0 Å². The molecule has 146 valence electrons. The fourth-order valence-corrected chi connectivity index (χ4v) is 3.78. The number of ether oxygens (including phenoxy) is 1. The second-order valence-electron chi connectivity index (χ2n) is 6.97. The third-order valence-corrected chi connectivity index (χ3v) is 6.27. The van der Waals surface area contributed by atoms with Gasteiger partial charge < -0.3 is 10.1 Å². The predicted octanol–water partition coefficient (Wildman–Crippen LogP) is 3.48. The van der Waals surface area contributed by atoms with Crippen LogP contribution in [0.4, 0.5) is 5.69 Å². The fraction of sp³-hybridized carbons (Fsp3) is 0.400. The van der Waals surface area contributed by atoms with Crippen molar-refractivity contribution in [3.63, 3.8) is 0 Å². The molecule has 5 nitrogen and oxygen atoms in total. The summed E-state index contributed by atoms with van der Waals surface area (Å²) in [7, 11) is -1.71. The second-order valence-corrected chi connectivity index (χ2v) is 9.42. The largest absolute Gasteiger partial charge is 0.490 e. The zero-order valence-electron chi connectivity index (χ0n) is 15.6. The molecule has 0 radical (unpaired) electrons. The molecule has 0 atom stereocenters. The van der Waals surface area contributed by atoms with Crippen LogP contribution in [0.1, 0.15) is 18.4 Å². The van der Waals surface area contributed by atoms with Gasteiger partial charge in [-0.3, -0.25) is 4.31 Å². The first-order chi connectivity index (χ1) is 12.8. The van der Waals surface area contributed by atoms with Gasteiger partial charge in [-0.25, -0.2) is 8.42 Å². The lowest BCUT2D eigenvalue weighted by Gasteiger charge is -2.36. The van der Waals surface area contributed by atoms with Gasteiger partial charge in [0, 0.05) is 18.1 Å². The number of nitrogens with one attached hydrogen (secondary N) is 1. The van der Waals surface area contributed by atoms with Crippen LogP contribution in [0.3, 0.4) is 0 Å². The molecule has 1 saturated carbocycles. The van der Waals surface area contributed by atoms with Crippen molar-refractivity contribution in [1.82, 2.24) is 5.32 Å². The predicted molar refractivity (Wildman–Crippen MR) is 110 cm³/mol. The van der Waals surface area contributed by atoms with E-state index < -0.39 is 10.0 Å². The van der Waals surface area contributed by atoms with Crippen LogP contribution in [-0.4, -0.2) is 40.4 Å². The normalized spacial score (nSPS) is 19.4. The number of benzene rings is 2. The van der Waals surface area contributed by atoms with Crippen LogP contribution in [0.25, 0.3) is 0 Å². The van der Waals surface area contributed by atoms with Gasteiger partial charge in [-0.05, 0) is 67.8 Å². The van der Waals surface area contributed by atoms with Crippen LogP contribution < -0.4 is 14.4 Å². The van der Waals surface area contributed by atoms with Crippen LogP contribution in [0.2, 0.25) is 5.02 Å². The third kappa shape index (κ3) is 5.61. The summed E-state index contributed by atoms with van der Waals surface area (Å²) in [5, 5.41) is 4.32. The van der Waals surface area contributed by atoms with Crippen molar-refractivity contribution in [3.05, 3.63) is 59.1 Å². The lowest BCUT2D eigenvalue weighted by Crippen LogP contribution is -2.47.